The third-order valence-corrected chi connectivity index (χ3v) is 5.23. The highest BCUT2D eigenvalue weighted by molar-refractivity contribution is 7.98. The Labute approximate surface area is 190 Å². The zero-order valence-corrected chi connectivity index (χ0v) is 19.1. The Hall–Kier alpha value is -3.27. The summed E-state index contributed by atoms with van der Waals surface area (Å²) in [4.78, 5) is 27.7. The second kappa shape index (κ2) is 10.4. The molecule has 1 aromatic heterocycles. The molecule has 10 heteroatoms. The molecule has 0 fully saturated rings. The van der Waals surface area contributed by atoms with E-state index in [0.717, 1.165) is 0 Å². The predicted octanol–water partition coefficient (Wildman–Crippen LogP) is 5.08. The lowest BCUT2D eigenvalue weighted by molar-refractivity contribution is -0.384. The number of hydrogen-bond acceptors (Lipinski definition) is 9. The van der Waals surface area contributed by atoms with Gasteiger partial charge in [0.25, 0.3) is 5.69 Å². The van der Waals surface area contributed by atoms with Gasteiger partial charge in [0, 0.05) is 29.8 Å². The fraction of sp³-hybridized carbons (Fsp3) is 0.364. The van der Waals surface area contributed by atoms with Crippen molar-refractivity contribution in [3.05, 3.63) is 69.2 Å². The van der Waals surface area contributed by atoms with E-state index in [1.54, 1.807) is 43.1 Å². The van der Waals surface area contributed by atoms with Gasteiger partial charge in [-0.1, -0.05) is 12.1 Å². The molecular formula is C22H25N3O6S. The van der Waals surface area contributed by atoms with Crippen LogP contribution in [-0.4, -0.2) is 40.8 Å². The molecule has 32 heavy (non-hydrogen) atoms. The van der Waals surface area contributed by atoms with Crippen LogP contribution in [0.4, 0.5) is 16.2 Å². The molecule has 1 aliphatic rings. The van der Waals surface area contributed by atoms with Gasteiger partial charge in [0.2, 0.25) is 5.88 Å². The summed E-state index contributed by atoms with van der Waals surface area (Å²) >= 11 is 1.54. The van der Waals surface area contributed by atoms with Crippen LogP contribution in [0.25, 0.3) is 0 Å². The number of thioether (sulfide) groups is 1. The molecule has 0 aliphatic carbocycles. The number of nitro groups is 1. The summed E-state index contributed by atoms with van der Waals surface area (Å²) in [7, 11) is 0. The number of pyridine rings is 1. The van der Waals surface area contributed by atoms with Gasteiger partial charge in [-0.25, -0.2) is 9.78 Å². The number of hydrogen-bond donors (Lipinski definition) is 1. The van der Waals surface area contributed by atoms with Gasteiger partial charge in [0.05, 0.1) is 28.2 Å². The molecule has 0 saturated carbocycles. The molecule has 0 amide bonds. The van der Waals surface area contributed by atoms with Gasteiger partial charge in [-0.3, -0.25) is 10.1 Å². The van der Waals surface area contributed by atoms with Crippen LogP contribution in [0.1, 0.15) is 37.8 Å². The van der Waals surface area contributed by atoms with Gasteiger partial charge in [-0.05, 0) is 38.7 Å². The average Bonchev–Trinajstić information content (AvgIpc) is 2.74. The second-order valence-corrected chi connectivity index (χ2v) is 8.32. The largest absolute Gasteiger partial charge is 0.513 e. The van der Waals surface area contributed by atoms with Crippen molar-refractivity contribution in [2.24, 2.45) is 0 Å². The van der Waals surface area contributed by atoms with Crippen molar-refractivity contribution in [1.82, 2.24) is 4.98 Å². The molecule has 1 N–H and O–H groups in total. The molecule has 2 aromatic rings. The van der Waals surface area contributed by atoms with Crippen LogP contribution in [0, 0.1) is 10.1 Å². The van der Waals surface area contributed by atoms with Gasteiger partial charge >= 0.3 is 6.16 Å². The topological polar surface area (TPSA) is 113 Å². The third-order valence-electron chi connectivity index (χ3n) is 4.66. The number of non-ortho nitro benzene ring substituents is 1. The number of ether oxygens (including phenoxy) is 3. The number of nitro benzene ring substituents is 1. The maximum atomic E-state index is 12.4. The highest BCUT2D eigenvalue weighted by Crippen LogP contribution is 2.46. The lowest BCUT2D eigenvalue weighted by Gasteiger charge is -2.31. The maximum Gasteiger partial charge on any atom is 0.513 e. The van der Waals surface area contributed by atoms with Gasteiger partial charge < -0.3 is 19.5 Å². The average molecular weight is 460 g/mol. The van der Waals surface area contributed by atoms with E-state index in [1.807, 2.05) is 20.1 Å². The minimum absolute atomic E-state index is 0.0719. The quantitative estimate of drug-likeness (QED) is 0.250. The van der Waals surface area contributed by atoms with Gasteiger partial charge in [-0.15, -0.1) is 0 Å². The number of carbonyl (C=O) groups excluding carboxylic acids is 1. The normalized spacial score (nSPS) is 15.1. The van der Waals surface area contributed by atoms with Crippen molar-refractivity contribution >= 4 is 29.3 Å². The summed E-state index contributed by atoms with van der Waals surface area (Å²) in [5.74, 6) is 0.597. The molecule has 0 spiro atoms. The first-order chi connectivity index (χ1) is 15.3. The van der Waals surface area contributed by atoms with Crippen LogP contribution in [0.3, 0.4) is 0 Å². The van der Waals surface area contributed by atoms with Crippen molar-refractivity contribution in [1.29, 1.82) is 0 Å². The number of fused-ring (bicyclic) bond motifs is 1. The van der Waals surface area contributed by atoms with E-state index in [4.69, 9.17) is 14.2 Å². The first-order valence-corrected chi connectivity index (χ1v) is 11.4. The van der Waals surface area contributed by atoms with E-state index in [-0.39, 0.29) is 24.2 Å². The van der Waals surface area contributed by atoms with Gasteiger partial charge in [0.1, 0.15) is 12.4 Å². The van der Waals surface area contributed by atoms with Crippen molar-refractivity contribution in [2.45, 2.75) is 32.8 Å². The zero-order chi connectivity index (χ0) is 23.3. The van der Waals surface area contributed by atoms with Gasteiger partial charge in [0.15, 0.2) is 0 Å². The van der Waals surface area contributed by atoms with Crippen LogP contribution in [-0.2, 0) is 9.47 Å². The van der Waals surface area contributed by atoms with E-state index >= 15 is 0 Å². The summed E-state index contributed by atoms with van der Waals surface area (Å²) < 4.78 is 16.7. The number of nitrogens with zero attached hydrogens (tertiary/aromatic N) is 2. The van der Waals surface area contributed by atoms with E-state index in [0.29, 0.717) is 34.1 Å². The molecule has 3 rings (SSSR count). The Morgan fingerprint density at radius 2 is 2.12 bits per heavy atom. The number of nitrogens with one attached hydrogen (secondary N) is 1. The molecule has 1 unspecified atom stereocenters. The van der Waals surface area contributed by atoms with Crippen molar-refractivity contribution in [3.8, 4) is 5.88 Å². The predicted molar refractivity (Wildman–Crippen MR) is 122 cm³/mol. The van der Waals surface area contributed by atoms with Crippen molar-refractivity contribution < 1.29 is 23.9 Å². The number of rotatable bonds is 8. The Balaban J connectivity index is 2.11. The maximum absolute atomic E-state index is 12.4. The van der Waals surface area contributed by atoms with E-state index in [1.165, 1.54) is 12.1 Å². The number of aromatic nitrogens is 1. The number of anilines is 1. The van der Waals surface area contributed by atoms with Gasteiger partial charge in [-0.2, -0.15) is 11.8 Å². The fourth-order valence-corrected chi connectivity index (χ4v) is 3.62. The molecule has 170 valence electrons. The molecule has 1 atom stereocenters. The van der Waals surface area contributed by atoms with Crippen LogP contribution in [0.2, 0.25) is 0 Å². The molecule has 1 aromatic carbocycles. The molecule has 0 saturated heterocycles. The molecule has 0 bridgehead atoms. The van der Waals surface area contributed by atoms with Crippen molar-refractivity contribution in [3.63, 3.8) is 0 Å². The number of carbonyl (C=O) groups is 1. The smallest absolute Gasteiger partial charge is 0.475 e. The summed E-state index contributed by atoms with van der Waals surface area (Å²) in [5, 5.41) is 14.6. The van der Waals surface area contributed by atoms with E-state index in [2.05, 4.69) is 10.3 Å². The zero-order valence-electron chi connectivity index (χ0n) is 18.3. The highest BCUT2D eigenvalue weighted by atomic mass is 32.2. The molecular weight excluding hydrogens is 434 g/mol. The third kappa shape index (κ3) is 5.31. The van der Waals surface area contributed by atoms with Crippen LogP contribution < -0.4 is 10.1 Å². The van der Waals surface area contributed by atoms with Crippen LogP contribution in [0.5, 0.6) is 5.88 Å². The lowest BCUT2D eigenvalue weighted by atomic mass is 9.85. The summed E-state index contributed by atoms with van der Waals surface area (Å²) in [5.41, 5.74) is 2.41. The monoisotopic (exact) mass is 459 g/mol. The molecule has 0 radical (unpaired) electrons. The minimum atomic E-state index is -0.843. The van der Waals surface area contributed by atoms with E-state index in [9.17, 15) is 14.9 Å². The Morgan fingerprint density at radius 1 is 1.34 bits per heavy atom. The van der Waals surface area contributed by atoms with E-state index < -0.39 is 17.0 Å². The minimum Gasteiger partial charge on any atom is -0.475 e. The Kier molecular flexibility index (Phi) is 7.57. The molecule has 1 aliphatic heterocycles. The summed E-state index contributed by atoms with van der Waals surface area (Å²) in [6.07, 6.45) is 2.52. The molecule has 2 heterocycles. The second-order valence-electron chi connectivity index (χ2n) is 7.34. The highest BCUT2D eigenvalue weighted by Gasteiger charge is 2.35. The summed E-state index contributed by atoms with van der Waals surface area (Å²) in [6, 6.07) is 7.99. The number of benzene rings is 1. The SMILES string of the molecule is CSCCOC(=O)OC1=C(C)Nc2ccnc(OC(C)C)c2C1c1cccc([N+](=O)[O-])c1. The van der Waals surface area contributed by atoms with Crippen LogP contribution >= 0.6 is 11.8 Å². The first-order valence-electron chi connectivity index (χ1n) is 10.0. The van der Waals surface area contributed by atoms with Crippen LogP contribution in [0.15, 0.2) is 48.0 Å². The fourth-order valence-electron chi connectivity index (χ4n) is 3.37. The lowest BCUT2D eigenvalue weighted by Crippen LogP contribution is -2.24. The standard InChI is InChI=1S/C22H25N3O6S/c1-13(2)30-21-19-17(8-9-23-21)24-14(3)20(31-22(26)29-10-11-32-4)18(19)15-6-5-7-16(12-15)25(27)28/h5-9,12-13,18,24H,10-11H2,1-4H3. The van der Waals surface area contributed by atoms with Crippen molar-refractivity contribution in [2.75, 3.05) is 23.9 Å². The summed E-state index contributed by atoms with van der Waals surface area (Å²) in [6.45, 7) is 5.73. The Bertz CT molecular complexity index is 1040. The molecule has 9 nitrogen and oxygen atoms in total. The first kappa shape index (κ1) is 23.4. The Morgan fingerprint density at radius 3 is 2.81 bits per heavy atom. The number of allylic oxidation sites excluding steroid dienone is 2.